The fourth-order valence-corrected chi connectivity index (χ4v) is 2.46. The third-order valence-corrected chi connectivity index (χ3v) is 4.26. The summed E-state index contributed by atoms with van der Waals surface area (Å²) in [6.45, 7) is 4.21. The van der Waals surface area contributed by atoms with Crippen LogP contribution in [0.1, 0.15) is 24.7 Å². The molecule has 1 heterocycles. The number of aromatic amines is 1. The van der Waals surface area contributed by atoms with Crippen LogP contribution in [0.5, 0.6) is 0 Å². The van der Waals surface area contributed by atoms with Crippen LogP contribution >= 0.6 is 28.1 Å². The van der Waals surface area contributed by atoms with E-state index < -0.39 is 0 Å². The summed E-state index contributed by atoms with van der Waals surface area (Å²) in [6.07, 6.45) is 1.74. The van der Waals surface area contributed by atoms with Crippen molar-refractivity contribution < 1.29 is 4.79 Å². The van der Waals surface area contributed by atoms with Crippen molar-refractivity contribution in [2.75, 3.05) is 5.32 Å². The van der Waals surface area contributed by atoms with Crippen LogP contribution in [0.3, 0.4) is 0 Å². The number of hydrogen-bond acceptors (Lipinski definition) is 3. The molecule has 2 aromatic rings. The van der Waals surface area contributed by atoms with Gasteiger partial charge in [0.05, 0.1) is 0 Å². The number of benzene rings is 1. The molecule has 0 radical (unpaired) electrons. The van der Waals surface area contributed by atoms with Gasteiger partial charge in [-0.15, -0.1) is 0 Å². The second-order valence-corrected chi connectivity index (χ2v) is 6.03. The van der Waals surface area contributed by atoms with E-state index in [0.29, 0.717) is 4.77 Å². The molecule has 0 fully saturated rings. The highest BCUT2D eigenvalue weighted by Crippen LogP contribution is 2.20. The van der Waals surface area contributed by atoms with Crippen LogP contribution in [-0.2, 0) is 17.8 Å². The molecule has 0 aliphatic carbocycles. The zero-order valence-electron chi connectivity index (χ0n) is 11.9. The molecule has 2 N–H and O–H groups in total. The number of carbonyl (C=O) groups excluding carboxylic acids is 1. The van der Waals surface area contributed by atoms with Gasteiger partial charge in [0, 0.05) is 16.6 Å². The Morgan fingerprint density at radius 3 is 2.95 bits per heavy atom. The maximum atomic E-state index is 12.2. The van der Waals surface area contributed by atoms with Gasteiger partial charge in [0.2, 0.25) is 5.91 Å². The Morgan fingerprint density at radius 2 is 2.29 bits per heavy atom. The van der Waals surface area contributed by atoms with Crippen molar-refractivity contribution in [1.29, 1.82) is 0 Å². The summed E-state index contributed by atoms with van der Waals surface area (Å²) in [7, 11) is 0. The van der Waals surface area contributed by atoms with Gasteiger partial charge in [0.25, 0.3) is 0 Å². The molecule has 0 saturated heterocycles. The number of H-pyrrole nitrogens is 1. The van der Waals surface area contributed by atoms with Crippen molar-refractivity contribution in [3.63, 3.8) is 0 Å². The lowest BCUT2D eigenvalue weighted by Gasteiger charge is -2.09. The Kier molecular flexibility index (Phi) is 5.30. The average Bonchev–Trinajstić information content (AvgIpc) is 2.76. The van der Waals surface area contributed by atoms with Crippen LogP contribution in [0, 0.1) is 11.7 Å². The Labute approximate surface area is 136 Å². The van der Waals surface area contributed by atoms with E-state index in [4.69, 9.17) is 12.2 Å². The minimum absolute atomic E-state index is 0.119. The zero-order chi connectivity index (χ0) is 15.4. The van der Waals surface area contributed by atoms with Crippen molar-refractivity contribution >= 4 is 39.7 Å². The monoisotopic (exact) mass is 368 g/mol. The number of rotatable bonds is 5. The molecule has 0 saturated carbocycles. The van der Waals surface area contributed by atoms with Crippen LogP contribution in [0.2, 0.25) is 0 Å². The van der Waals surface area contributed by atoms with Crippen molar-refractivity contribution in [1.82, 2.24) is 14.8 Å². The normalized spacial score (nSPS) is 10.6. The molecule has 5 nitrogen and oxygen atoms in total. The molecule has 21 heavy (non-hydrogen) atoms. The van der Waals surface area contributed by atoms with E-state index in [9.17, 15) is 4.79 Å². The second-order valence-electron chi connectivity index (χ2n) is 4.79. The fraction of sp³-hybridized carbons (Fsp3) is 0.357. The maximum absolute atomic E-state index is 12.2. The minimum Gasteiger partial charge on any atom is -0.325 e. The molecule has 7 heteroatoms. The van der Waals surface area contributed by atoms with E-state index in [1.54, 1.807) is 4.57 Å². The van der Waals surface area contributed by atoms with Gasteiger partial charge in [0.15, 0.2) is 4.77 Å². The van der Waals surface area contributed by atoms with Crippen molar-refractivity contribution in [2.24, 2.45) is 0 Å². The van der Waals surface area contributed by atoms with Crippen LogP contribution in [0.4, 0.5) is 5.69 Å². The highest BCUT2D eigenvalue weighted by Gasteiger charge is 2.10. The second kappa shape index (κ2) is 7.00. The fourth-order valence-electron chi connectivity index (χ4n) is 1.99. The first-order valence-corrected chi connectivity index (χ1v) is 7.91. The lowest BCUT2D eigenvalue weighted by atomic mass is 10.2. The highest BCUT2D eigenvalue weighted by molar-refractivity contribution is 9.10. The molecule has 112 valence electrons. The SMILES string of the molecule is CCCc1n[nH]c(=S)n1CC(=O)Nc1ccc(Br)c(C)c1. The van der Waals surface area contributed by atoms with Gasteiger partial charge in [-0.3, -0.25) is 14.5 Å². The molecule has 0 bridgehead atoms. The summed E-state index contributed by atoms with van der Waals surface area (Å²) >= 11 is 8.60. The number of nitrogens with zero attached hydrogens (tertiary/aromatic N) is 2. The molecule has 1 amide bonds. The Balaban J connectivity index is 2.09. The van der Waals surface area contributed by atoms with E-state index in [0.717, 1.165) is 34.4 Å². The first kappa shape index (κ1) is 15.9. The van der Waals surface area contributed by atoms with Gasteiger partial charge < -0.3 is 5.32 Å². The quantitative estimate of drug-likeness (QED) is 0.792. The number of amides is 1. The third-order valence-electron chi connectivity index (χ3n) is 3.05. The molecule has 1 aromatic heterocycles. The molecular formula is C14H17BrN4OS. The number of carbonyl (C=O) groups is 1. The minimum atomic E-state index is -0.119. The van der Waals surface area contributed by atoms with E-state index in [1.807, 2.05) is 25.1 Å². The lowest BCUT2D eigenvalue weighted by Crippen LogP contribution is -2.20. The highest BCUT2D eigenvalue weighted by atomic mass is 79.9. The van der Waals surface area contributed by atoms with E-state index in [2.05, 4.69) is 38.4 Å². The van der Waals surface area contributed by atoms with E-state index in [-0.39, 0.29) is 12.5 Å². The van der Waals surface area contributed by atoms with Gasteiger partial charge in [-0.05, 0) is 49.3 Å². The number of anilines is 1. The Bertz CT molecular complexity index is 707. The van der Waals surface area contributed by atoms with Crippen LogP contribution in [0.25, 0.3) is 0 Å². The summed E-state index contributed by atoms with van der Waals surface area (Å²) < 4.78 is 3.23. The first-order valence-electron chi connectivity index (χ1n) is 6.71. The molecule has 2 rings (SSSR count). The number of aryl methyl sites for hydroxylation is 2. The van der Waals surface area contributed by atoms with Crippen molar-refractivity contribution in [3.8, 4) is 0 Å². The summed E-state index contributed by atoms with van der Waals surface area (Å²) in [4.78, 5) is 12.2. The van der Waals surface area contributed by atoms with Gasteiger partial charge in [-0.1, -0.05) is 22.9 Å². The zero-order valence-corrected chi connectivity index (χ0v) is 14.3. The van der Waals surface area contributed by atoms with Crippen LogP contribution in [0.15, 0.2) is 22.7 Å². The predicted molar refractivity (Wildman–Crippen MR) is 88.9 cm³/mol. The molecule has 0 atom stereocenters. The third kappa shape index (κ3) is 4.01. The number of nitrogens with one attached hydrogen (secondary N) is 2. The van der Waals surface area contributed by atoms with Crippen LogP contribution < -0.4 is 5.32 Å². The Hall–Kier alpha value is -1.47. The smallest absolute Gasteiger partial charge is 0.244 e. The largest absolute Gasteiger partial charge is 0.325 e. The summed E-state index contributed by atoms with van der Waals surface area (Å²) in [5.41, 5.74) is 1.84. The number of hydrogen-bond donors (Lipinski definition) is 2. The van der Waals surface area contributed by atoms with E-state index >= 15 is 0 Å². The predicted octanol–water partition coefficient (Wildman–Crippen LogP) is 3.60. The van der Waals surface area contributed by atoms with Gasteiger partial charge in [-0.2, -0.15) is 5.10 Å². The standard InChI is InChI=1S/C14H17BrN4OS/c1-3-4-12-17-18-14(21)19(12)8-13(20)16-10-5-6-11(15)9(2)7-10/h5-7H,3-4,8H2,1-2H3,(H,16,20)(H,18,21). The van der Waals surface area contributed by atoms with Crippen molar-refractivity contribution in [3.05, 3.63) is 38.8 Å². The lowest BCUT2D eigenvalue weighted by molar-refractivity contribution is -0.116. The summed E-state index contributed by atoms with van der Waals surface area (Å²) in [5, 5.41) is 9.76. The van der Waals surface area contributed by atoms with Gasteiger partial charge in [0.1, 0.15) is 12.4 Å². The summed E-state index contributed by atoms with van der Waals surface area (Å²) in [5.74, 6) is 0.691. The number of halogens is 1. The van der Waals surface area contributed by atoms with Crippen molar-refractivity contribution in [2.45, 2.75) is 33.2 Å². The molecular weight excluding hydrogens is 352 g/mol. The topological polar surface area (TPSA) is 62.7 Å². The molecule has 0 spiro atoms. The van der Waals surface area contributed by atoms with Gasteiger partial charge >= 0.3 is 0 Å². The Morgan fingerprint density at radius 1 is 1.52 bits per heavy atom. The van der Waals surface area contributed by atoms with E-state index in [1.165, 1.54) is 0 Å². The molecule has 1 aromatic carbocycles. The summed E-state index contributed by atoms with van der Waals surface area (Å²) in [6, 6.07) is 5.69. The molecule has 0 aliphatic rings. The average molecular weight is 369 g/mol. The van der Waals surface area contributed by atoms with Crippen LogP contribution in [-0.4, -0.2) is 20.7 Å². The first-order chi connectivity index (χ1) is 10.0. The molecule has 0 aliphatic heterocycles. The van der Waals surface area contributed by atoms with Gasteiger partial charge in [-0.25, -0.2) is 0 Å². The molecule has 0 unspecified atom stereocenters. The maximum Gasteiger partial charge on any atom is 0.244 e. The number of aromatic nitrogens is 3.